The molecule has 0 aromatic heterocycles. The quantitative estimate of drug-likeness (QED) is 0.285. The molecular weight excluding hydrogens is 552 g/mol. The first-order valence-electron chi connectivity index (χ1n) is 11.8. The molecule has 2 amide bonds. The molecule has 10 heteroatoms. The average molecular weight is 577 g/mol. The van der Waals surface area contributed by atoms with E-state index in [1.54, 1.807) is 42.5 Å². The van der Waals surface area contributed by atoms with Crippen molar-refractivity contribution in [2.45, 2.75) is 26.5 Å². The van der Waals surface area contributed by atoms with E-state index in [-0.39, 0.29) is 19.3 Å². The molecule has 3 aromatic rings. The van der Waals surface area contributed by atoms with Gasteiger partial charge in [0.1, 0.15) is 18.4 Å². The van der Waals surface area contributed by atoms with Crippen LogP contribution in [0.4, 0.5) is 0 Å². The summed E-state index contributed by atoms with van der Waals surface area (Å²) in [4.78, 5) is 25.5. The molecule has 0 saturated carbocycles. The fraction of sp³-hybridized carbons (Fsp3) is 0.214. The van der Waals surface area contributed by atoms with Gasteiger partial charge in [-0.05, 0) is 69.9 Å². The van der Waals surface area contributed by atoms with E-state index in [1.807, 2.05) is 32.0 Å². The minimum Gasteiger partial charge on any atom is -0.488 e. The van der Waals surface area contributed by atoms with Crippen LogP contribution in [0, 0.1) is 17.2 Å². The Morgan fingerprint density at radius 3 is 2.68 bits per heavy atom. The van der Waals surface area contributed by atoms with Gasteiger partial charge >= 0.3 is 0 Å². The van der Waals surface area contributed by atoms with Crippen molar-refractivity contribution in [2.24, 2.45) is 11.0 Å². The van der Waals surface area contributed by atoms with Crippen LogP contribution in [0.25, 0.3) is 0 Å². The number of hydrogen-bond donors (Lipinski definition) is 2. The molecule has 1 unspecified atom stereocenters. The van der Waals surface area contributed by atoms with Gasteiger partial charge in [0, 0.05) is 11.1 Å². The minimum atomic E-state index is -0.802. The van der Waals surface area contributed by atoms with Crippen LogP contribution in [-0.4, -0.2) is 30.9 Å². The molecule has 2 N–H and O–H groups in total. The van der Waals surface area contributed by atoms with Crippen LogP contribution in [0.3, 0.4) is 0 Å². The molecule has 3 aromatic carbocycles. The standard InChI is InChI=1S/C28H25BrN4O5/c1-17(2)26(32-27(34)19-8-10-24-25(12-19)38-16-37-24)28(35)33-31-14-18-7-9-23(22(29)11-18)36-15-21-6-4-3-5-20(21)13-30/h3-12,14,17,26H,15-16H2,1-2H3,(H,32,34)(H,33,35). The number of amides is 2. The van der Waals surface area contributed by atoms with Crippen molar-refractivity contribution in [2.75, 3.05) is 6.79 Å². The monoisotopic (exact) mass is 576 g/mol. The van der Waals surface area contributed by atoms with Crippen LogP contribution in [0.15, 0.2) is 70.2 Å². The summed E-state index contributed by atoms with van der Waals surface area (Å²) in [5, 5.41) is 16.0. The number of hydrazone groups is 1. The van der Waals surface area contributed by atoms with Crippen molar-refractivity contribution in [1.29, 1.82) is 5.26 Å². The summed E-state index contributed by atoms with van der Waals surface area (Å²) in [6.45, 7) is 4.02. The first-order valence-corrected chi connectivity index (χ1v) is 12.6. The number of nitriles is 1. The average Bonchev–Trinajstić information content (AvgIpc) is 3.39. The predicted molar refractivity (Wildman–Crippen MR) is 144 cm³/mol. The van der Waals surface area contributed by atoms with E-state index in [0.29, 0.717) is 38.4 Å². The summed E-state index contributed by atoms with van der Waals surface area (Å²) in [6, 6.07) is 18.8. The number of rotatable bonds is 9. The van der Waals surface area contributed by atoms with Crippen molar-refractivity contribution in [3.8, 4) is 23.3 Å². The van der Waals surface area contributed by atoms with Crippen LogP contribution in [0.1, 0.15) is 40.9 Å². The normalized spacial score (nSPS) is 12.7. The van der Waals surface area contributed by atoms with Crippen molar-refractivity contribution >= 4 is 34.0 Å². The molecule has 9 nitrogen and oxygen atoms in total. The van der Waals surface area contributed by atoms with E-state index in [9.17, 15) is 14.9 Å². The zero-order valence-electron chi connectivity index (χ0n) is 20.7. The number of carbonyl (C=O) groups excluding carboxylic acids is 2. The number of nitrogens with zero attached hydrogens (tertiary/aromatic N) is 2. The van der Waals surface area contributed by atoms with Crippen LogP contribution in [0.5, 0.6) is 17.2 Å². The molecule has 0 aliphatic carbocycles. The third kappa shape index (κ3) is 6.49. The van der Waals surface area contributed by atoms with E-state index >= 15 is 0 Å². The zero-order valence-corrected chi connectivity index (χ0v) is 22.3. The van der Waals surface area contributed by atoms with Gasteiger partial charge in [-0.25, -0.2) is 5.43 Å². The summed E-state index contributed by atoms with van der Waals surface area (Å²) in [6.07, 6.45) is 1.49. The van der Waals surface area contributed by atoms with Crippen molar-refractivity contribution in [3.63, 3.8) is 0 Å². The number of ether oxygens (including phenoxy) is 3. The van der Waals surface area contributed by atoms with Gasteiger partial charge < -0.3 is 19.5 Å². The van der Waals surface area contributed by atoms with E-state index in [1.165, 1.54) is 6.21 Å². The highest BCUT2D eigenvalue weighted by molar-refractivity contribution is 9.10. The van der Waals surface area contributed by atoms with Gasteiger partial charge in [-0.3, -0.25) is 9.59 Å². The van der Waals surface area contributed by atoms with Gasteiger partial charge in [-0.15, -0.1) is 0 Å². The second-order valence-corrected chi connectivity index (χ2v) is 9.60. The Hall–Kier alpha value is -4.36. The summed E-state index contributed by atoms with van der Waals surface area (Å²) in [5.41, 5.74) is 4.93. The maximum absolute atomic E-state index is 12.8. The topological polar surface area (TPSA) is 122 Å². The molecule has 0 spiro atoms. The Morgan fingerprint density at radius 1 is 1.13 bits per heavy atom. The van der Waals surface area contributed by atoms with Crippen LogP contribution >= 0.6 is 15.9 Å². The lowest BCUT2D eigenvalue weighted by atomic mass is 10.0. The van der Waals surface area contributed by atoms with Crippen molar-refractivity contribution in [1.82, 2.24) is 10.7 Å². The Kier molecular flexibility index (Phi) is 8.61. The maximum atomic E-state index is 12.8. The SMILES string of the molecule is CC(C)C(NC(=O)c1ccc2c(c1)OCO2)C(=O)NN=Cc1ccc(OCc2ccccc2C#N)c(Br)c1. The summed E-state index contributed by atoms with van der Waals surface area (Å²) >= 11 is 3.48. The summed E-state index contributed by atoms with van der Waals surface area (Å²) in [7, 11) is 0. The second-order valence-electron chi connectivity index (χ2n) is 8.74. The van der Waals surface area contributed by atoms with Crippen molar-refractivity contribution in [3.05, 3.63) is 87.4 Å². The highest BCUT2D eigenvalue weighted by Crippen LogP contribution is 2.32. The van der Waals surface area contributed by atoms with Gasteiger partial charge in [0.05, 0.1) is 22.3 Å². The van der Waals surface area contributed by atoms with Gasteiger partial charge in [-0.2, -0.15) is 10.4 Å². The van der Waals surface area contributed by atoms with Crippen LogP contribution in [0.2, 0.25) is 0 Å². The number of fused-ring (bicyclic) bond motifs is 1. The first-order chi connectivity index (χ1) is 18.4. The lowest BCUT2D eigenvalue weighted by Crippen LogP contribution is -2.48. The van der Waals surface area contributed by atoms with Gasteiger partial charge in [-0.1, -0.05) is 32.0 Å². The Balaban J connectivity index is 1.34. The number of hydrogen-bond acceptors (Lipinski definition) is 7. The number of benzene rings is 3. The molecular formula is C28H25BrN4O5. The van der Waals surface area contributed by atoms with Crippen LogP contribution in [-0.2, 0) is 11.4 Å². The molecule has 38 heavy (non-hydrogen) atoms. The van der Waals surface area contributed by atoms with E-state index in [2.05, 4.69) is 37.8 Å². The van der Waals surface area contributed by atoms with E-state index in [4.69, 9.17) is 14.2 Å². The highest BCUT2D eigenvalue weighted by Gasteiger charge is 2.25. The van der Waals surface area contributed by atoms with E-state index in [0.717, 1.165) is 5.56 Å². The van der Waals surface area contributed by atoms with Crippen LogP contribution < -0.4 is 25.0 Å². The zero-order chi connectivity index (χ0) is 27.1. The molecule has 0 radical (unpaired) electrons. The molecule has 1 aliphatic rings. The highest BCUT2D eigenvalue weighted by atomic mass is 79.9. The lowest BCUT2D eigenvalue weighted by molar-refractivity contribution is -0.123. The van der Waals surface area contributed by atoms with E-state index < -0.39 is 17.9 Å². The molecule has 1 atom stereocenters. The second kappa shape index (κ2) is 12.3. The Labute approximate surface area is 228 Å². The van der Waals surface area contributed by atoms with Crippen molar-refractivity contribution < 1.29 is 23.8 Å². The minimum absolute atomic E-state index is 0.110. The Bertz CT molecular complexity index is 1420. The largest absolute Gasteiger partial charge is 0.488 e. The van der Waals surface area contributed by atoms with Gasteiger partial charge in [0.25, 0.3) is 11.8 Å². The maximum Gasteiger partial charge on any atom is 0.262 e. The fourth-order valence-electron chi connectivity index (χ4n) is 3.66. The number of carbonyl (C=O) groups is 2. The van der Waals surface area contributed by atoms with Gasteiger partial charge in [0.2, 0.25) is 6.79 Å². The third-order valence-electron chi connectivity index (χ3n) is 5.74. The first kappa shape index (κ1) is 26.7. The molecule has 4 rings (SSSR count). The number of halogens is 1. The third-order valence-corrected chi connectivity index (χ3v) is 6.36. The number of nitrogens with one attached hydrogen (secondary N) is 2. The lowest BCUT2D eigenvalue weighted by Gasteiger charge is -2.20. The smallest absolute Gasteiger partial charge is 0.262 e. The molecule has 1 heterocycles. The Morgan fingerprint density at radius 2 is 1.92 bits per heavy atom. The predicted octanol–water partition coefficient (Wildman–Crippen LogP) is 4.53. The summed E-state index contributed by atoms with van der Waals surface area (Å²) < 4.78 is 17.1. The van der Waals surface area contributed by atoms with Gasteiger partial charge in [0.15, 0.2) is 11.5 Å². The molecule has 0 saturated heterocycles. The molecule has 0 fully saturated rings. The summed E-state index contributed by atoms with van der Waals surface area (Å²) in [5.74, 6) is 0.635. The fourth-order valence-corrected chi connectivity index (χ4v) is 4.17. The molecule has 1 aliphatic heterocycles. The molecule has 194 valence electrons. The molecule has 0 bridgehead atoms.